The minimum atomic E-state index is -2.29. The molecule has 0 aliphatic heterocycles. The van der Waals surface area contributed by atoms with E-state index in [1.165, 1.54) is 11.5 Å². The Labute approximate surface area is 85.5 Å². The first-order valence-electron chi connectivity index (χ1n) is 4.27. The zero-order valence-electron chi connectivity index (χ0n) is 8.05. The maximum Gasteiger partial charge on any atom is 0.240 e. The summed E-state index contributed by atoms with van der Waals surface area (Å²) < 4.78 is 28.0. The van der Waals surface area contributed by atoms with E-state index in [1.54, 1.807) is 6.92 Å². The molecule has 0 aliphatic rings. The standard InChI is InChI=1S/C8H13F2N3S/c1-4(3-6(9)10)12-8-5(2)7(11)13-14-8/h4,6,12H,3H2,1-2H3,(H2,11,13). The molecule has 1 unspecified atom stereocenters. The van der Waals surface area contributed by atoms with Gasteiger partial charge in [0, 0.05) is 18.0 Å². The minimum absolute atomic E-state index is 0.169. The highest BCUT2D eigenvalue weighted by Crippen LogP contribution is 2.26. The van der Waals surface area contributed by atoms with Crippen molar-refractivity contribution in [1.82, 2.24) is 4.37 Å². The molecule has 1 aromatic heterocycles. The second kappa shape index (κ2) is 4.54. The third-order valence-electron chi connectivity index (χ3n) is 1.87. The van der Waals surface area contributed by atoms with Crippen molar-refractivity contribution in [2.75, 3.05) is 11.1 Å². The molecule has 1 rings (SSSR count). The number of nitrogens with two attached hydrogens (primary N) is 1. The first-order valence-corrected chi connectivity index (χ1v) is 5.04. The Kier molecular flexibility index (Phi) is 3.62. The van der Waals surface area contributed by atoms with Gasteiger partial charge in [-0.05, 0) is 25.4 Å². The predicted octanol–water partition coefficient (Wildman–Crippen LogP) is 2.49. The van der Waals surface area contributed by atoms with Crippen LogP contribution in [0.2, 0.25) is 0 Å². The molecule has 0 saturated carbocycles. The highest BCUT2D eigenvalue weighted by molar-refractivity contribution is 7.10. The molecule has 0 amide bonds. The zero-order valence-corrected chi connectivity index (χ0v) is 8.87. The first kappa shape index (κ1) is 11.2. The molecule has 0 aliphatic carbocycles. The van der Waals surface area contributed by atoms with Gasteiger partial charge in [0.15, 0.2) is 0 Å². The van der Waals surface area contributed by atoms with E-state index in [-0.39, 0.29) is 12.5 Å². The van der Waals surface area contributed by atoms with Crippen LogP contribution in [0.1, 0.15) is 18.9 Å². The van der Waals surface area contributed by atoms with Gasteiger partial charge in [-0.25, -0.2) is 8.78 Å². The number of nitrogen functional groups attached to an aromatic ring is 1. The van der Waals surface area contributed by atoms with Crippen molar-refractivity contribution in [3.63, 3.8) is 0 Å². The Morgan fingerprint density at radius 1 is 1.57 bits per heavy atom. The number of hydrogen-bond acceptors (Lipinski definition) is 4. The quantitative estimate of drug-likeness (QED) is 0.821. The van der Waals surface area contributed by atoms with Crippen LogP contribution in [0.5, 0.6) is 0 Å². The van der Waals surface area contributed by atoms with E-state index in [9.17, 15) is 8.78 Å². The van der Waals surface area contributed by atoms with Crippen molar-refractivity contribution in [2.24, 2.45) is 0 Å². The van der Waals surface area contributed by atoms with Gasteiger partial charge in [0.2, 0.25) is 6.43 Å². The van der Waals surface area contributed by atoms with Gasteiger partial charge < -0.3 is 11.1 Å². The van der Waals surface area contributed by atoms with E-state index in [1.807, 2.05) is 6.92 Å². The van der Waals surface area contributed by atoms with Gasteiger partial charge >= 0.3 is 0 Å². The molecule has 6 heteroatoms. The molecule has 1 atom stereocenters. The third-order valence-corrected chi connectivity index (χ3v) is 2.76. The molecule has 3 nitrogen and oxygen atoms in total. The molecule has 14 heavy (non-hydrogen) atoms. The summed E-state index contributed by atoms with van der Waals surface area (Å²) in [5.41, 5.74) is 6.36. The molecule has 0 bridgehead atoms. The van der Waals surface area contributed by atoms with E-state index in [0.29, 0.717) is 5.82 Å². The maximum atomic E-state index is 12.0. The van der Waals surface area contributed by atoms with Crippen molar-refractivity contribution < 1.29 is 8.78 Å². The molecule has 1 heterocycles. The SMILES string of the molecule is Cc1c(N)nsc1NC(C)CC(F)F. The van der Waals surface area contributed by atoms with E-state index in [2.05, 4.69) is 9.69 Å². The summed E-state index contributed by atoms with van der Waals surface area (Å²) in [7, 11) is 0. The molecule has 0 saturated heterocycles. The van der Waals surface area contributed by atoms with Gasteiger partial charge in [0.1, 0.15) is 10.8 Å². The van der Waals surface area contributed by atoms with Crippen molar-refractivity contribution in [3.05, 3.63) is 5.56 Å². The number of hydrogen-bond donors (Lipinski definition) is 2. The molecule has 0 aromatic carbocycles. The van der Waals surface area contributed by atoms with E-state index in [4.69, 9.17) is 5.73 Å². The van der Waals surface area contributed by atoms with Crippen molar-refractivity contribution in [3.8, 4) is 0 Å². The smallest absolute Gasteiger partial charge is 0.240 e. The lowest BCUT2D eigenvalue weighted by Crippen LogP contribution is -2.18. The van der Waals surface area contributed by atoms with Crippen LogP contribution in [0.15, 0.2) is 0 Å². The predicted molar refractivity (Wildman–Crippen MR) is 55.0 cm³/mol. The molecule has 80 valence electrons. The van der Waals surface area contributed by atoms with Crippen LogP contribution in [0.25, 0.3) is 0 Å². The number of alkyl halides is 2. The molecule has 3 N–H and O–H groups in total. The second-order valence-corrected chi connectivity index (χ2v) is 3.97. The zero-order chi connectivity index (χ0) is 10.7. The highest BCUT2D eigenvalue weighted by atomic mass is 32.1. The van der Waals surface area contributed by atoms with E-state index < -0.39 is 6.43 Å². The monoisotopic (exact) mass is 221 g/mol. The molecule has 1 aromatic rings. The normalized spacial score (nSPS) is 13.2. The first-order chi connectivity index (χ1) is 6.50. The van der Waals surface area contributed by atoms with Crippen LogP contribution in [0.4, 0.5) is 19.6 Å². The Morgan fingerprint density at radius 2 is 2.21 bits per heavy atom. The average molecular weight is 221 g/mol. The van der Waals surface area contributed by atoms with Gasteiger partial charge in [-0.1, -0.05) is 0 Å². The summed E-state index contributed by atoms with van der Waals surface area (Å²) in [6.07, 6.45) is -2.46. The van der Waals surface area contributed by atoms with Crippen molar-refractivity contribution in [2.45, 2.75) is 32.7 Å². The summed E-state index contributed by atoms with van der Waals surface area (Å²) in [6.45, 7) is 3.53. The van der Waals surface area contributed by atoms with Crippen molar-refractivity contribution >= 4 is 22.4 Å². The van der Waals surface area contributed by atoms with Crippen LogP contribution < -0.4 is 11.1 Å². The van der Waals surface area contributed by atoms with Crippen LogP contribution in [-0.2, 0) is 0 Å². The lowest BCUT2D eigenvalue weighted by molar-refractivity contribution is 0.133. The fourth-order valence-electron chi connectivity index (χ4n) is 1.03. The Bertz CT molecular complexity index is 301. The number of nitrogens with zero attached hydrogens (tertiary/aromatic N) is 1. The van der Waals surface area contributed by atoms with Gasteiger partial charge in [-0.15, -0.1) is 0 Å². The highest BCUT2D eigenvalue weighted by Gasteiger charge is 2.13. The van der Waals surface area contributed by atoms with Crippen LogP contribution >= 0.6 is 11.5 Å². The summed E-state index contributed by atoms with van der Waals surface area (Å²) in [5, 5.41) is 3.73. The van der Waals surface area contributed by atoms with Gasteiger partial charge in [-0.3, -0.25) is 0 Å². The largest absolute Gasteiger partial charge is 0.383 e. The Hall–Kier alpha value is -0.910. The lowest BCUT2D eigenvalue weighted by atomic mass is 10.2. The lowest BCUT2D eigenvalue weighted by Gasteiger charge is -2.13. The van der Waals surface area contributed by atoms with Gasteiger partial charge in [0.05, 0.1) is 0 Å². The van der Waals surface area contributed by atoms with E-state index >= 15 is 0 Å². The fourth-order valence-corrected chi connectivity index (χ4v) is 1.85. The molecule has 0 radical (unpaired) electrons. The topological polar surface area (TPSA) is 50.9 Å². The molecular weight excluding hydrogens is 208 g/mol. The van der Waals surface area contributed by atoms with Crippen LogP contribution in [-0.4, -0.2) is 16.8 Å². The van der Waals surface area contributed by atoms with Crippen LogP contribution in [0, 0.1) is 6.92 Å². The maximum absolute atomic E-state index is 12.0. The fraction of sp³-hybridized carbons (Fsp3) is 0.625. The number of anilines is 2. The summed E-state index contributed by atoms with van der Waals surface area (Å²) in [6, 6.07) is -0.270. The average Bonchev–Trinajstić information content (AvgIpc) is 2.34. The second-order valence-electron chi connectivity index (χ2n) is 3.19. The van der Waals surface area contributed by atoms with Gasteiger partial charge in [-0.2, -0.15) is 4.37 Å². The number of aromatic nitrogens is 1. The van der Waals surface area contributed by atoms with Gasteiger partial charge in [0.25, 0.3) is 0 Å². The summed E-state index contributed by atoms with van der Waals surface area (Å²) >= 11 is 1.20. The number of halogens is 2. The van der Waals surface area contributed by atoms with Crippen molar-refractivity contribution in [1.29, 1.82) is 0 Å². The Morgan fingerprint density at radius 3 is 2.64 bits per heavy atom. The van der Waals surface area contributed by atoms with Crippen LogP contribution in [0.3, 0.4) is 0 Å². The Balaban J connectivity index is 2.56. The molecular formula is C8H13F2N3S. The number of nitrogens with one attached hydrogen (secondary N) is 1. The summed E-state index contributed by atoms with van der Waals surface area (Å²) in [4.78, 5) is 0. The molecule has 0 spiro atoms. The number of rotatable bonds is 4. The summed E-state index contributed by atoms with van der Waals surface area (Å²) in [5.74, 6) is 0.460. The third kappa shape index (κ3) is 2.80. The molecule has 0 fully saturated rings. The van der Waals surface area contributed by atoms with E-state index in [0.717, 1.165) is 10.6 Å². The minimum Gasteiger partial charge on any atom is -0.383 e.